The van der Waals surface area contributed by atoms with Crippen LogP contribution < -0.4 is 22.1 Å². The van der Waals surface area contributed by atoms with E-state index in [2.05, 4.69) is 30.6 Å². The molecule has 0 radical (unpaired) electrons. The number of ketones is 1. The van der Waals surface area contributed by atoms with E-state index in [1.54, 1.807) is 44.3 Å². The Bertz CT molecular complexity index is 1210. The van der Waals surface area contributed by atoms with Crippen molar-refractivity contribution in [2.75, 3.05) is 16.8 Å². The number of hydrogen-bond donors (Lipinski definition) is 5. The third-order valence-corrected chi connectivity index (χ3v) is 4.99. The second-order valence-electron chi connectivity index (χ2n) is 7.95. The first kappa shape index (κ1) is 24.3. The number of aliphatic carboxylic acids is 1. The van der Waals surface area contributed by atoms with Gasteiger partial charge < -0.3 is 27.2 Å². The zero-order valence-electron chi connectivity index (χ0n) is 18.8. The van der Waals surface area contributed by atoms with Crippen molar-refractivity contribution in [3.63, 3.8) is 0 Å². The van der Waals surface area contributed by atoms with Gasteiger partial charge >= 0.3 is 5.97 Å². The zero-order chi connectivity index (χ0) is 24.8. The minimum absolute atomic E-state index is 0.0241. The Morgan fingerprint density at radius 3 is 2.41 bits per heavy atom. The van der Waals surface area contributed by atoms with Crippen LogP contribution in [-0.4, -0.2) is 48.7 Å². The van der Waals surface area contributed by atoms with E-state index in [1.807, 2.05) is 0 Å². The largest absolute Gasteiger partial charge is 0.481 e. The predicted octanol–water partition coefficient (Wildman–Crippen LogP) is 1.38. The van der Waals surface area contributed by atoms with Gasteiger partial charge in [0.2, 0.25) is 5.95 Å². The predicted molar refractivity (Wildman–Crippen MR) is 126 cm³/mol. The number of nitrogen functional groups attached to an aromatic ring is 2. The molecule has 1 unspecified atom stereocenters. The maximum absolute atomic E-state index is 12.6. The van der Waals surface area contributed by atoms with E-state index >= 15 is 0 Å². The summed E-state index contributed by atoms with van der Waals surface area (Å²) in [7, 11) is 0. The van der Waals surface area contributed by atoms with Crippen LogP contribution in [0.3, 0.4) is 0 Å². The summed E-state index contributed by atoms with van der Waals surface area (Å²) in [5, 5.41) is 14.7. The SMILES string of the molecule is CC(C)C(=O)C(CCC(=O)O)NC(=O)c1ccc(NCc2cnc3nc(N)nc(N)c3n2)cc1. The summed E-state index contributed by atoms with van der Waals surface area (Å²) in [6.07, 6.45) is 1.37. The van der Waals surface area contributed by atoms with E-state index in [-0.39, 0.29) is 36.3 Å². The number of Topliss-reactive ketones (excluding diaryl/α,β-unsaturated/α-hetero) is 1. The maximum Gasteiger partial charge on any atom is 0.303 e. The van der Waals surface area contributed by atoms with Crippen LogP contribution in [0, 0.1) is 5.92 Å². The summed E-state index contributed by atoms with van der Waals surface area (Å²) < 4.78 is 0. The first-order chi connectivity index (χ1) is 16.1. The van der Waals surface area contributed by atoms with Gasteiger partial charge in [-0.15, -0.1) is 0 Å². The molecule has 2 heterocycles. The number of hydrogen-bond acceptors (Lipinski definition) is 10. The molecule has 178 valence electrons. The third kappa shape index (κ3) is 6.12. The Hall–Kier alpha value is -4.35. The smallest absolute Gasteiger partial charge is 0.303 e. The maximum atomic E-state index is 12.6. The Morgan fingerprint density at radius 1 is 1.06 bits per heavy atom. The van der Waals surface area contributed by atoms with Crippen LogP contribution in [0.5, 0.6) is 0 Å². The molecule has 34 heavy (non-hydrogen) atoms. The summed E-state index contributed by atoms with van der Waals surface area (Å²) in [5.74, 6) is -1.85. The van der Waals surface area contributed by atoms with Crippen molar-refractivity contribution in [3.8, 4) is 0 Å². The molecule has 3 aromatic rings. The van der Waals surface area contributed by atoms with Gasteiger partial charge in [-0.25, -0.2) is 9.97 Å². The number of carboxylic acids is 1. The van der Waals surface area contributed by atoms with Crippen molar-refractivity contribution >= 4 is 46.3 Å². The van der Waals surface area contributed by atoms with Crippen LogP contribution in [-0.2, 0) is 16.1 Å². The molecule has 0 saturated carbocycles. The third-order valence-electron chi connectivity index (χ3n) is 4.99. The van der Waals surface area contributed by atoms with Crippen LogP contribution >= 0.6 is 0 Å². The van der Waals surface area contributed by atoms with E-state index in [0.29, 0.717) is 29.0 Å². The molecule has 2 aromatic heterocycles. The highest BCUT2D eigenvalue weighted by Crippen LogP contribution is 2.16. The summed E-state index contributed by atoms with van der Waals surface area (Å²) in [4.78, 5) is 52.3. The van der Waals surface area contributed by atoms with Crippen LogP contribution in [0.1, 0.15) is 42.7 Å². The Labute approximate surface area is 195 Å². The van der Waals surface area contributed by atoms with Crippen molar-refractivity contribution < 1.29 is 19.5 Å². The fourth-order valence-electron chi connectivity index (χ4n) is 3.20. The van der Waals surface area contributed by atoms with Gasteiger partial charge in [0.1, 0.15) is 0 Å². The Morgan fingerprint density at radius 2 is 1.76 bits per heavy atom. The second kappa shape index (κ2) is 10.5. The van der Waals surface area contributed by atoms with Crippen LogP contribution in [0.2, 0.25) is 0 Å². The Balaban J connectivity index is 1.63. The first-order valence-corrected chi connectivity index (χ1v) is 10.6. The molecule has 0 aliphatic heterocycles. The molecule has 0 aliphatic rings. The Kier molecular flexibility index (Phi) is 7.51. The van der Waals surface area contributed by atoms with E-state index in [4.69, 9.17) is 16.6 Å². The minimum Gasteiger partial charge on any atom is -0.481 e. The molecule has 12 nitrogen and oxygen atoms in total. The van der Waals surface area contributed by atoms with Crippen molar-refractivity contribution in [1.82, 2.24) is 25.3 Å². The lowest BCUT2D eigenvalue weighted by atomic mass is 9.97. The first-order valence-electron chi connectivity index (χ1n) is 10.6. The van der Waals surface area contributed by atoms with E-state index < -0.39 is 17.9 Å². The quantitative estimate of drug-likeness (QED) is 0.289. The molecule has 1 atom stereocenters. The normalized spacial score (nSPS) is 11.9. The van der Waals surface area contributed by atoms with Crippen LogP contribution in [0.4, 0.5) is 17.5 Å². The average Bonchev–Trinajstić information content (AvgIpc) is 2.80. The molecular weight excluding hydrogens is 440 g/mol. The van der Waals surface area contributed by atoms with Gasteiger partial charge in [0.25, 0.3) is 5.91 Å². The monoisotopic (exact) mass is 466 g/mol. The highest BCUT2D eigenvalue weighted by Gasteiger charge is 2.24. The molecule has 0 fully saturated rings. The number of amides is 1. The number of aromatic nitrogens is 4. The summed E-state index contributed by atoms with van der Waals surface area (Å²) in [6.45, 7) is 3.75. The van der Waals surface area contributed by atoms with E-state index in [0.717, 1.165) is 5.69 Å². The van der Waals surface area contributed by atoms with Gasteiger partial charge in [-0.3, -0.25) is 14.4 Å². The fourth-order valence-corrected chi connectivity index (χ4v) is 3.20. The van der Waals surface area contributed by atoms with Gasteiger partial charge in [0.05, 0.1) is 24.5 Å². The van der Waals surface area contributed by atoms with Gasteiger partial charge in [0, 0.05) is 23.6 Å². The van der Waals surface area contributed by atoms with Gasteiger partial charge in [-0.2, -0.15) is 9.97 Å². The molecule has 12 heteroatoms. The fraction of sp³-hybridized carbons (Fsp3) is 0.318. The number of nitrogens with zero attached hydrogens (tertiary/aromatic N) is 4. The highest BCUT2D eigenvalue weighted by atomic mass is 16.4. The number of rotatable bonds is 10. The van der Waals surface area contributed by atoms with Gasteiger partial charge in [-0.05, 0) is 30.7 Å². The van der Waals surface area contributed by atoms with Crippen molar-refractivity contribution in [2.24, 2.45) is 5.92 Å². The van der Waals surface area contributed by atoms with Gasteiger partial charge in [0.15, 0.2) is 22.8 Å². The summed E-state index contributed by atoms with van der Waals surface area (Å²) in [5.41, 5.74) is 13.7. The zero-order valence-corrected chi connectivity index (χ0v) is 18.8. The molecule has 0 aliphatic carbocycles. The molecule has 3 rings (SSSR count). The number of nitrogens with two attached hydrogens (primary N) is 2. The molecule has 0 spiro atoms. The van der Waals surface area contributed by atoms with Crippen molar-refractivity contribution in [3.05, 3.63) is 41.7 Å². The number of fused-ring (bicyclic) bond motifs is 1. The number of carboxylic acid groups (broad SMARTS) is 1. The molecular formula is C22H26N8O4. The number of nitrogens with one attached hydrogen (secondary N) is 2. The number of carbonyl (C=O) groups excluding carboxylic acids is 2. The van der Waals surface area contributed by atoms with Crippen molar-refractivity contribution in [2.45, 2.75) is 39.3 Å². The average molecular weight is 467 g/mol. The number of carbonyl (C=O) groups is 3. The van der Waals surface area contributed by atoms with E-state index in [9.17, 15) is 14.4 Å². The van der Waals surface area contributed by atoms with Crippen LogP contribution in [0.15, 0.2) is 30.5 Å². The highest BCUT2D eigenvalue weighted by molar-refractivity contribution is 5.98. The molecule has 1 amide bonds. The number of anilines is 3. The molecule has 0 bridgehead atoms. The van der Waals surface area contributed by atoms with E-state index in [1.165, 1.54) is 0 Å². The number of benzene rings is 1. The molecule has 1 aromatic carbocycles. The lowest BCUT2D eigenvalue weighted by Crippen LogP contribution is -2.43. The second-order valence-corrected chi connectivity index (χ2v) is 7.95. The lowest BCUT2D eigenvalue weighted by molar-refractivity contribution is -0.137. The van der Waals surface area contributed by atoms with Crippen LogP contribution in [0.25, 0.3) is 11.2 Å². The summed E-state index contributed by atoms with van der Waals surface area (Å²) in [6, 6.07) is 5.76. The standard InChI is InChI=1S/C22H26N8O4/c1-11(2)18(33)15(7-8-16(31)32)28-21(34)12-3-5-13(6-4-12)25-9-14-10-26-20-17(27-14)19(23)29-22(24)30-20/h3-6,10-11,15,25H,7-9H2,1-2H3,(H,28,34)(H,31,32)(H4,23,24,26,29,30). The van der Waals surface area contributed by atoms with Gasteiger partial charge in [-0.1, -0.05) is 13.8 Å². The molecule has 7 N–H and O–H groups in total. The lowest BCUT2D eigenvalue weighted by Gasteiger charge is -2.19. The topological polar surface area (TPSA) is 199 Å². The van der Waals surface area contributed by atoms with Crippen molar-refractivity contribution in [1.29, 1.82) is 0 Å². The molecule has 0 saturated heterocycles. The minimum atomic E-state index is -1.03. The summed E-state index contributed by atoms with van der Waals surface area (Å²) >= 11 is 0.